The third kappa shape index (κ3) is 2.64. The van der Waals surface area contributed by atoms with Crippen LogP contribution in [0.25, 0.3) is 0 Å². The summed E-state index contributed by atoms with van der Waals surface area (Å²) in [7, 11) is 0. The number of pyridine rings is 1. The molecule has 5 nitrogen and oxygen atoms in total. The summed E-state index contributed by atoms with van der Waals surface area (Å²) in [6.07, 6.45) is 6.40. The normalized spacial score (nSPS) is 14.2. The van der Waals surface area contributed by atoms with Crippen molar-refractivity contribution >= 4 is 11.7 Å². The number of aromatic nitrogens is 2. The fraction of sp³-hybridized carbons (Fsp3) is 0.286. The van der Waals surface area contributed by atoms with Crippen LogP contribution in [0.4, 0.5) is 10.1 Å². The molecule has 2 N–H and O–H groups in total. The van der Waals surface area contributed by atoms with Crippen molar-refractivity contribution in [1.29, 1.82) is 0 Å². The number of esters is 1. The van der Waals surface area contributed by atoms with Crippen molar-refractivity contribution in [2.24, 2.45) is 0 Å². The van der Waals surface area contributed by atoms with Gasteiger partial charge >= 0.3 is 5.97 Å². The van der Waals surface area contributed by atoms with E-state index in [9.17, 15) is 9.18 Å². The van der Waals surface area contributed by atoms with Crippen LogP contribution in [0, 0.1) is 5.82 Å². The molecular formula is C14H14FN3O2. The number of anilines is 1. The Morgan fingerprint density at radius 3 is 2.95 bits per heavy atom. The molecular weight excluding hydrogens is 261 g/mol. The Morgan fingerprint density at radius 2 is 2.25 bits per heavy atom. The fourth-order valence-electron chi connectivity index (χ4n) is 2.08. The molecule has 0 saturated heterocycles. The quantitative estimate of drug-likeness (QED) is 0.869. The number of halogens is 1. The number of nitrogens with two attached hydrogens (primary N) is 1. The van der Waals surface area contributed by atoms with Gasteiger partial charge in [-0.05, 0) is 25.0 Å². The molecule has 2 aromatic heterocycles. The van der Waals surface area contributed by atoms with Crippen LogP contribution in [-0.4, -0.2) is 15.5 Å². The van der Waals surface area contributed by atoms with Crippen LogP contribution < -0.4 is 5.73 Å². The lowest BCUT2D eigenvalue weighted by Gasteiger charge is -2.08. The molecule has 0 bridgehead atoms. The van der Waals surface area contributed by atoms with Crippen molar-refractivity contribution in [1.82, 2.24) is 9.55 Å². The second kappa shape index (κ2) is 4.96. The van der Waals surface area contributed by atoms with Crippen LogP contribution in [0.2, 0.25) is 0 Å². The maximum atomic E-state index is 13.0. The zero-order chi connectivity index (χ0) is 14.1. The fourth-order valence-corrected chi connectivity index (χ4v) is 2.08. The molecule has 0 amide bonds. The third-order valence-corrected chi connectivity index (χ3v) is 3.15. The van der Waals surface area contributed by atoms with Crippen molar-refractivity contribution < 1.29 is 13.9 Å². The van der Waals surface area contributed by atoms with Gasteiger partial charge in [0.05, 0.1) is 11.9 Å². The summed E-state index contributed by atoms with van der Waals surface area (Å²) in [5.74, 6) is -0.915. The van der Waals surface area contributed by atoms with Gasteiger partial charge in [0.2, 0.25) is 0 Å². The van der Waals surface area contributed by atoms with E-state index in [4.69, 9.17) is 10.5 Å². The molecule has 1 fully saturated rings. The number of carbonyl (C=O) groups excluding carboxylic acids is 1. The van der Waals surface area contributed by atoms with E-state index in [-0.39, 0.29) is 6.61 Å². The van der Waals surface area contributed by atoms with Crippen LogP contribution >= 0.6 is 0 Å². The lowest BCUT2D eigenvalue weighted by Crippen LogP contribution is -2.11. The molecule has 0 atom stereocenters. The first-order valence-corrected chi connectivity index (χ1v) is 6.37. The van der Waals surface area contributed by atoms with Crippen molar-refractivity contribution in [2.45, 2.75) is 25.5 Å². The zero-order valence-corrected chi connectivity index (χ0v) is 10.8. The van der Waals surface area contributed by atoms with Gasteiger partial charge in [0.1, 0.15) is 18.1 Å². The molecule has 104 valence electrons. The van der Waals surface area contributed by atoms with E-state index in [1.807, 2.05) is 4.57 Å². The maximum absolute atomic E-state index is 13.0. The number of hydrogen-bond acceptors (Lipinski definition) is 4. The standard InChI is InChI=1S/C14H14FN3O2/c15-10-3-9(5-17-6-10)8-20-14(19)13-4-11(16)7-18(13)12-1-2-12/h3-7,12H,1-2,8,16H2. The van der Waals surface area contributed by atoms with Crippen LogP contribution in [0.15, 0.2) is 30.7 Å². The average molecular weight is 275 g/mol. The van der Waals surface area contributed by atoms with E-state index >= 15 is 0 Å². The Labute approximate surface area is 115 Å². The Kier molecular flexibility index (Phi) is 3.14. The largest absolute Gasteiger partial charge is 0.456 e. The first-order valence-electron chi connectivity index (χ1n) is 6.37. The molecule has 3 rings (SSSR count). The van der Waals surface area contributed by atoms with E-state index < -0.39 is 11.8 Å². The Hall–Kier alpha value is -2.37. The average Bonchev–Trinajstić information content (AvgIpc) is 3.19. The summed E-state index contributed by atoms with van der Waals surface area (Å²) >= 11 is 0. The van der Waals surface area contributed by atoms with Crippen molar-refractivity contribution in [2.75, 3.05) is 5.73 Å². The first-order chi connectivity index (χ1) is 9.63. The van der Waals surface area contributed by atoms with Crippen LogP contribution in [-0.2, 0) is 11.3 Å². The summed E-state index contributed by atoms with van der Waals surface area (Å²) in [5, 5.41) is 0. The van der Waals surface area contributed by atoms with E-state index in [1.165, 1.54) is 12.3 Å². The van der Waals surface area contributed by atoms with Crippen molar-refractivity contribution in [3.8, 4) is 0 Å². The number of rotatable bonds is 4. The van der Waals surface area contributed by atoms with Gasteiger partial charge in [-0.1, -0.05) is 0 Å². The summed E-state index contributed by atoms with van der Waals surface area (Å²) in [4.78, 5) is 15.8. The number of carbonyl (C=O) groups is 1. The van der Waals surface area contributed by atoms with Crippen LogP contribution in [0.1, 0.15) is 34.9 Å². The lowest BCUT2D eigenvalue weighted by atomic mass is 10.3. The van der Waals surface area contributed by atoms with Gasteiger partial charge in [0, 0.05) is 24.0 Å². The highest BCUT2D eigenvalue weighted by molar-refractivity contribution is 5.89. The lowest BCUT2D eigenvalue weighted by molar-refractivity contribution is 0.0459. The molecule has 6 heteroatoms. The molecule has 1 aliphatic rings. The Morgan fingerprint density at radius 1 is 1.45 bits per heavy atom. The summed E-state index contributed by atoms with van der Waals surface area (Å²) in [6.45, 7) is -0.0145. The minimum absolute atomic E-state index is 0.0145. The van der Waals surface area contributed by atoms with E-state index in [1.54, 1.807) is 12.3 Å². The zero-order valence-electron chi connectivity index (χ0n) is 10.8. The van der Waals surface area contributed by atoms with Gasteiger partial charge in [0.25, 0.3) is 0 Å². The van der Waals surface area contributed by atoms with Gasteiger partial charge in [0.15, 0.2) is 0 Å². The Bertz CT molecular complexity index is 650. The molecule has 0 spiro atoms. The number of nitrogen functional groups attached to an aromatic ring is 1. The number of nitrogens with zero attached hydrogens (tertiary/aromatic N) is 2. The van der Waals surface area contributed by atoms with Gasteiger partial charge in [-0.2, -0.15) is 0 Å². The number of hydrogen-bond donors (Lipinski definition) is 1. The molecule has 2 aromatic rings. The van der Waals surface area contributed by atoms with Gasteiger partial charge in [-0.3, -0.25) is 4.98 Å². The summed E-state index contributed by atoms with van der Waals surface area (Å²) in [5.41, 5.74) is 7.21. The molecule has 0 aromatic carbocycles. The monoisotopic (exact) mass is 275 g/mol. The van der Waals surface area contributed by atoms with Crippen LogP contribution in [0.3, 0.4) is 0 Å². The molecule has 2 heterocycles. The number of ether oxygens (including phenoxy) is 1. The van der Waals surface area contributed by atoms with E-state index in [0.717, 1.165) is 19.0 Å². The predicted octanol–water partition coefficient (Wildman–Crippen LogP) is 2.30. The van der Waals surface area contributed by atoms with Gasteiger partial charge in [-0.25, -0.2) is 9.18 Å². The molecule has 20 heavy (non-hydrogen) atoms. The van der Waals surface area contributed by atoms with Crippen molar-refractivity contribution in [3.05, 3.63) is 47.8 Å². The second-order valence-corrected chi connectivity index (χ2v) is 4.88. The van der Waals surface area contributed by atoms with E-state index in [0.29, 0.717) is 23.0 Å². The maximum Gasteiger partial charge on any atom is 0.355 e. The third-order valence-electron chi connectivity index (χ3n) is 3.15. The minimum atomic E-state index is -0.460. The minimum Gasteiger partial charge on any atom is -0.456 e. The smallest absolute Gasteiger partial charge is 0.355 e. The summed E-state index contributed by atoms with van der Waals surface area (Å²) < 4.78 is 20.0. The molecule has 0 unspecified atom stereocenters. The highest BCUT2D eigenvalue weighted by atomic mass is 19.1. The second-order valence-electron chi connectivity index (χ2n) is 4.88. The van der Waals surface area contributed by atoms with Crippen LogP contribution in [0.5, 0.6) is 0 Å². The predicted molar refractivity (Wildman–Crippen MR) is 70.4 cm³/mol. The highest BCUT2D eigenvalue weighted by Gasteiger charge is 2.28. The van der Waals surface area contributed by atoms with Gasteiger partial charge < -0.3 is 15.0 Å². The molecule has 1 aliphatic carbocycles. The van der Waals surface area contributed by atoms with Crippen molar-refractivity contribution in [3.63, 3.8) is 0 Å². The highest BCUT2D eigenvalue weighted by Crippen LogP contribution is 2.37. The molecule has 0 aliphatic heterocycles. The first kappa shape index (κ1) is 12.7. The topological polar surface area (TPSA) is 70.1 Å². The van der Waals surface area contributed by atoms with E-state index in [2.05, 4.69) is 4.98 Å². The SMILES string of the molecule is Nc1cc(C(=O)OCc2cncc(F)c2)n(C2CC2)c1. The summed E-state index contributed by atoms with van der Waals surface area (Å²) in [6, 6.07) is 3.23. The molecule has 1 saturated carbocycles. The van der Waals surface area contributed by atoms with Gasteiger partial charge in [-0.15, -0.1) is 0 Å². The molecule has 0 radical (unpaired) electrons. The Balaban J connectivity index is 1.70.